The predicted octanol–water partition coefficient (Wildman–Crippen LogP) is 2.62. The zero-order valence-corrected chi connectivity index (χ0v) is 18.8. The van der Waals surface area contributed by atoms with Gasteiger partial charge in [0.1, 0.15) is 5.82 Å². The minimum Gasteiger partial charge on any atom is -0.359 e. The number of aromatic nitrogens is 2. The van der Waals surface area contributed by atoms with Gasteiger partial charge >= 0.3 is 0 Å². The van der Waals surface area contributed by atoms with Crippen molar-refractivity contribution in [2.75, 3.05) is 27.2 Å². The molecule has 0 atom stereocenters. The summed E-state index contributed by atoms with van der Waals surface area (Å²) < 4.78 is 0. The fraction of sp³-hybridized carbons (Fsp3) is 0.450. The van der Waals surface area contributed by atoms with E-state index in [-0.39, 0.29) is 29.9 Å². The first-order chi connectivity index (χ1) is 13.2. The summed E-state index contributed by atoms with van der Waals surface area (Å²) in [5.74, 6) is 2.34. The summed E-state index contributed by atoms with van der Waals surface area (Å²) >= 11 is 0. The highest BCUT2D eigenvalue weighted by molar-refractivity contribution is 14.0. The Hall–Kier alpha value is -2.10. The number of nitrogens with zero attached hydrogens (tertiary/aromatic N) is 3. The number of aliphatic imine (C=N–C) groups is 1. The number of carbonyl (C=O) groups is 1. The molecule has 0 unspecified atom stereocenters. The Labute approximate surface area is 183 Å². The predicted molar refractivity (Wildman–Crippen MR) is 123 cm³/mol. The Kier molecular flexibility index (Phi) is 8.75. The number of likely N-dealkylation sites (tertiary alicyclic amines) is 1. The summed E-state index contributed by atoms with van der Waals surface area (Å²) in [6, 6.07) is 10.2. The molecule has 1 amide bonds. The molecule has 28 heavy (non-hydrogen) atoms. The second kappa shape index (κ2) is 11.0. The van der Waals surface area contributed by atoms with E-state index in [1.165, 1.54) is 0 Å². The van der Waals surface area contributed by atoms with Gasteiger partial charge in [0.05, 0.1) is 18.4 Å². The van der Waals surface area contributed by atoms with Crippen molar-refractivity contribution >= 4 is 35.8 Å². The standard InChI is InChI=1S/C20H28N6O.HI/c1-21-19(27)12-15-8-10-26(11-9-15)20(22-2)24-14-18-23-13-17(25-18)16-6-4-3-5-7-16;/h3-7,13,15H,8-12,14H2,1-2H3,(H,21,27)(H,22,24)(H,23,25);1H. The van der Waals surface area contributed by atoms with Crippen LogP contribution in [-0.4, -0.2) is 53.9 Å². The molecule has 1 aliphatic heterocycles. The molecule has 1 fully saturated rings. The third-order valence-electron chi connectivity index (χ3n) is 5.01. The van der Waals surface area contributed by atoms with Crippen LogP contribution in [0.5, 0.6) is 0 Å². The number of rotatable bonds is 5. The normalized spacial score (nSPS) is 15.1. The largest absolute Gasteiger partial charge is 0.359 e. The van der Waals surface area contributed by atoms with E-state index in [9.17, 15) is 4.79 Å². The van der Waals surface area contributed by atoms with E-state index in [1.807, 2.05) is 24.4 Å². The van der Waals surface area contributed by atoms with Crippen molar-refractivity contribution in [3.63, 3.8) is 0 Å². The maximum atomic E-state index is 11.5. The van der Waals surface area contributed by atoms with Crippen LogP contribution in [0.15, 0.2) is 41.5 Å². The molecule has 7 nitrogen and oxygen atoms in total. The number of benzene rings is 1. The first-order valence-corrected chi connectivity index (χ1v) is 9.45. The summed E-state index contributed by atoms with van der Waals surface area (Å²) in [6.07, 6.45) is 4.49. The monoisotopic (exact) mass is 496 g/mol. The van der Waals surface area contributed by atoms with Gasteiger partial charge in [-0.15, -0.1) is 24.0 Å². The van der Waals surface area contributed by atoms with E-state index in [1.54, 1.807) is 14.1 Å². The van der Waals surface area contributed by atoms with Gasteiger partial charge in [-0.05, 0) is 24.3 Å². The second-order valence-electron chi connectivity index (χ2n) is 6.82. The zero-order valence-electron chi connectivity index (χ0n) is 16.4. The highest BCUT2D eigenvalue weighted by Gasteiger charge is 2.23. The van der Waals surface area contributed by atoms with Crippen LogP contribution in [0.4, 0.5) is 0 Å². The summed E-state index contributed by atoms with van der Waals surface area (Å²) in [4.78, 5) is 26.0. The van der Waals surface area contributed by atoms with Crippen LogP contribution in [0.1, 0.15) is 25.1 Å². The maximum Gasteiger partial charge on any atom is 0.220 e. The van der Waals surface area contributed by atoms with Crippen LogP contribution >= 0.6 is 24.0 Å². The van der Waals surface area contributed by atoms with Crippen molar-refractivity contribution in [3.05, 3.63) is 42.4 Å². The molecule has 2 heterocycles. The lowest BCUT2D eigenvalue weighted by molar-refractivity contribution is -0.121. The van der Waals surface area contributed by atoms with E-state index in [0.717, 1.165) is 49.0 Å². The van der Waals surface area contributed by atoms with E-state index in [4.69, 9.17) is 0 Å². The molecule has 0 aliphatic carbocycles. The smallest absolute Gasteiger partial charge is 0.220 e. The molecule has 0 saturated carbocycles. The molecule has 1 aromatic carbocycles. The zero-order chi connectivity index (χ0) is 19.1. The van der Waals surface area contributed by atoms with Gasteiger partial charge in [-0.1, -0.05) is 30.3 Å². The minimum atomic E-state index is 0. The number of hydrogen-bond donors (Lipinski definition) is 3. The molecule has 8 heteroatoms. The Bertz CT molecular complexity index is 768. The Morgan fingerprint density at radius 2 is 2.00 bits per heavy atom. The van der Waals surface area contributed by atoms with Crippen molar-refractivity contribution in [2.24, 2.45) is 10.9 Å². The molecule has 2 aromatic rings. The SMILES string of the molecule is CN=C(NCc1ncc(-c2ccccc2)[nH]1)N1CCC(CC(=O)NC)CC1.I. The van der Waals surface area contributed by atoms with Gasteiger partial charge in [0.25, 0.3) is 0 Å². The molecule has 0 spiro atoms. The number of imidazole rings is 1. The first-order valence-electron chi connectivity index (χ1n) is 9.45. The van der Waals surface area contributed by atoms with Gasteiger partial charge in [-0.2, -0.15) is 0 Å². The van der Waals surface area contributed by atoms with E-state index in [0.29, 0.717) is 18.9 Å². The van der Waals surface area contributed by atoms with Crippen molar-refractivity contribution in [1.29, 1.82) is 0 Å². The second-order valence-corrected chi connectivity index (χ2v) is 6.82. The van der Waals surface area contributed by atoms with E-state index >= 15 is 0 Å². The molecule has 0 radical (unpaired) electrons. The molecule has 3 N–H and O–H groups in total. The number of nitrogens with one attached hydrogen (secondary N) is 3. The lowest BCUT2D eigenvalue weighted by atomic mass is 9.93. The highest BCUT2D eigenvalue weighted by Crippen LogP contribution is 2.20. The number of hydrogen-bond acceptors (Lipinski definition) is 3. The van der Waals surface area contributed by atoms with Crippen LogP contribution in [0.25, 0.3) is 11.3 Å². The number of guanidine groups is 1. The third kappa shape index (κ3) is 5.95. The van der Waals surface area contributed by atoms with Crippen LogP contribution in [0.2, 0.25) is 0 Å². The summed E-state index contributed by atoms with van der Waals surface area (Å²) in [5, 5.41) is 6.10. The highest BCUT2D eigenvalue weighted by atomic mass is 127. The summed E-state index contributed by atoms with van der Waals surface area (Å²) in [7, 11) is 3.50. The van der Waals surface area contributed by atoms with E-state index in [2.05, 4.69) is 42.6 Å². The Morgan fingerprint density at radius 1 is 1.29 bits per heavy atom. The van der Waals surface area contributed by atoms with Crippen LogP contribution in [0.3, 0.4) is 0 Å². The molecular weight excluding hydrogens is 467 g/mol. The number of aromatic amines is 1. The number of halogens is 1. The number of amides is 1. The molecule has 3 rings (SSSR count). The van der Waals surface area contributed by atoms with Gasteiger partial charge in [-0.25, -0.2) is 4.98 Å². The molecular formula is C20H29IN6O. The van der Waals surface area contributed by atoms with Crippen molar-refractivity contribution in [2.45, 2.75) is 25.8 Å². The number of H-pyrrole nitrogens is 1. The van der Waals surface area contributed by atoms with Crippen LogP contribution in [-0.2, 0) is 11.3 Å². The summed E-state index contributed by atoms with van der Waals surface area (Å²) in [6.45, 7) is 2.42. The third-order valence-corrected chi connectivity index (χ3v) is 5.01. The minimum absolute atomic E-state index is 0. The van der Waals surface area contributed by atoms with Gasteiger partial charge in [0.15, 0.2) is 5.96 Å². The average Bonchev–Trinajstić information content (AvgIpc) is 3.19. The molecule has 1 aromatic heterocycles. The quantitative estimate of drug-likeness (QED) is 0.338. The van der Waals surface area contributed by atoms with Gasteiger partial charge in [-0.3, -0.25) is 9.79 Å². The molecule has 1 aliphatic rings. The fourth-order valence-corrected chi connectivity index (χ4v) is 3.42. The van der Waals surface area contributed by atoms with Gasteiger partial charge in [0, 0.05) is 33.6 Å². The molecule has 1 saturated heterocycles. The maximum absolute atomic E-state index is 11.5. The summed E-state index contributed by atoms with van der Waals surface area (Å²) in [5.41, 5.74) is 2.14. The Balaban J connectivity index is 0.00000280. The van der Waals surface area contributed by atoms with Gasteiger partial charge in [0.2, 0.25) is 5.91 Å². The van der Waals surface area contributed by atoms with Crippen LogP contribution < -0.4 is 10.6 Å². The Morgan fingerprint density at radius 3 is 2.64 bits per heavy atom. The van der Waals surface area contributed by atoms with Crippen molar-refractivity contribution < 1.29 is 4.79 Å². The number of piperidine rings is 1. The average molecular weight is 496 g/mol. The number of carbonyl (C=O) groups excluding carboxylic acids is 1. The first kappa shape index (κ1) is 22.2. The van der Waals surface area contributed by atoms with Crippen molar-refractivity contribution in [3.8, 4) is 11.3 Å². The molecule has 152 valence electrons. The topological polar surface area (TPSA) is 85.4 Å². The lowest BCUT2D eigenvalue weighted by Gasteiger charge is -2.33. The van der Waals surface area contributed by atoms with Crippen molar-refractivity contribution in [1.82, 2.24) is 25.5 Å². The van der Waals surface area contributed by atoms with E-state index < -0.39 is 0 Å². The van der Waals surface area contributed by atoms with Crippen LogP contribution in [0, 0.1) is 5.92 Å². The van der Waals surface area contributed by atoms with Gasteiger partial charge < -0.3 is 20.5 Å². The lowest BCUT2D eigenvalue weighted by Crippen LogP contribution is -2.45. The fourth-order valence-electron chi connectivity index (χ4n) is 3.42. The molecule has 0 bridgehead atoms.